The number of amides is 1. The van der Waals surface area contributed by atoms with E-state index in [9.17, 15) is 26.7 Å². The van der Waals surface area contributed by atoms with Gasteiger partial charge in [-0.1, -0.05) is 31.2 Å². The molecular weight excluding hydrogens is 459 g/mol. The van der Waals surface area contributed by atoms with Crippen LogP contribution in [0.2, 0.25) is 0 Å². The minimum Gasteiger partial charge on any atom is -0.471 e. The first-order valence-corrected chi connectivity index (χ1v) is 10.5. The number of hydrogen-bond donors (Lipinski definition) is 0. The standard InChI is InChI=1S/C23H21F5N4O2/c1-2-22(24,25)14-34-20-19-17(7-8-29-20)11-31(21(19)33)10-15-3-5-16(6-4-15)18-9-30-32(12-18)13-23(26,27)28/h3-9,12H,2,10-11,13-14H2,1H3. The van der Waals surface area contributed by atoms with Crippen LogP contribution >= 0.6 is 0 Å². The Morgan fingerprint density at radius 3 is 2.47 bits per heavy atom. The number of halogens is 5. The maximum atomic E-state index is 13.6. The lowest BCUT2D eigenvalue weighted by Crippen LogP contribution is -2.26. The molecular formula is C23H21F5N4O2. The van der Waals surface area contributed by atoms with Gasteiger partial charge in [-0.05, 0) is 22.8 Å². The molecule has 34 heavy (non-hydrogen) atoms. The van der Waals surface area contributed by atoms with Crippen molar-refractivity contribution in [2.24, 2.45) is 0 Å². The van der Waals surface area contributed by atoms with Crippen molar-refractivity contribution in [2.45, 2.75) is 45.1 Å². The highest BCUT2D eigenvalue weighted by molar-refractivity contribution is 6.00. The van der Waals surface area contributed by atoms with E-state index in [1.54, 1.807) is 35.2 Å². The van der Waals surface area contributed by atoms with E-state index in [0.717, 1.165) is 10.2 Å². The van der Waals surface area contributed by atoms with Crippen molar-refractivity contribution < 1.29 is 31.5 Å². The summed E-state index contributed by atoms with van der Waals surface area (Å²) in [7, 11) is 0. The molecule has 0 unspecified atom stereocenters. The predicted octanol–water partition coefficient (Wildman–Crippen LogP) is 5.09. The Morgan fingerprint density at radius 2 is 1.79 bits per heavy atom. The van der Waals surface area contributed by atoms with Crippen molar-refractivity contribution in [2.75, 3.05) is 6.61 Å². The average molecular weight is 480 g/mol. The molecule has 6 nitrogen and oxygen atoms in total. The van der Waals surface area contributed by atoms with Crippen molar-refractivity contribution in [3.05, 3.63) is 65.6 Å². The van der Waals surface area contributed by atoms with Crippen LogP contribution in [0.15, 0.2) is 48.9 Å². The summed E-state index contributed by atoms with van der Waals surface area (Å²) in [6.45, 7) is -0.144. The molecule has 1 aliphatic heterocycles. The smallest absolute Gasteiger partial charge is 0.408 e. The highest BCUT2D eigenvalue weighted by Crippen LogP contribution is 2.32. The third-order valence-corrected chi connectivity index (χ3v) is 5.44. The fourth-order valence-corrected chi connectivity index (χ4v) is 3.60. The first-order valence-electron chi connectivity index (χ1n) is 10.5. The minimum absolute atomic E-state index is 0.107. The summed E-state index contributed by atoms with van der Waals surface area (Å²) >= 11 is 0. The highest BCUT2D eigenvalue weighted by Gasteiger charge is 2.34. The van der Waals surface area contributed by atoms with Gasteiger partial charge in [0.05, 0.1) is 6.20 Å². The van der Waals surface area contributed by atoms with Gasteiger partial charge in [-0.3, -0.25) is 9.48 Å². The monoisotopic (exact) mass is 480 g/mol. The number of nitrogens with zero attached hydrogens (tertiary/aromatic N) is 4. The van der Waals surface area contributed by atoms with Crippen LogP contribution < -0.4 is 4.74 Å². The quantitative estimate of drug-likeness (QED) is 0.422. The second kappa shape index (κ2) is 9.03. The van der Waals surface area contributed by atoms with Crippen molar-refractivity contribution in [3.63, 3.8) is 0 Å². The minimum atomic E-state index is -4.36. The van der Waals surface area contributed by atoms with Crippen molar-refractivity contribution >= 4 is 5.91 Å². The number of benzene rings is 1. The molecule has 3 heterocycles. The molecule has 1 amide bonds. The Balaban J connectivity index is 1.43. The summed E-state index contributed by atoms with van der Waals surface area (Å²) in [6, 6.07) is 8.66. The van der Waals surface area contributed by atoms with Gasteiger partial charge in [0, 0.05) is 37.5 Å². The molecule has 0 atom stereocenters. The molecule has 2 aromatic heterocycles. The number of carbonyl (C=O) groups excluding carboxylic acids is 1. The number of fused-ring (bicyclic) bond motifs is 1. The van der Waals surface area contributed by atoms with Crippen LogP contribution in [-0.4, -0.2) is 44.3 Å². The molecule has 0 radical (unpaired) electrons. The molecule has 0 fully saturated rings. The van der Waals surface area contributed by atoms with Crippen molar-refractivity contribution in [3.8, 4) is 17.0 Å². The Morgan fingerprint density at radius 1 is 1.06 bits per heavy atom. The van der Waals surface area contributed by atoms with Gasteiger partial charge in [-0.15, -0.1) is 0 Å². The van der Waals surface area contributed by atoms with E-state index in [1.165, 1.54) is 25.5 Å². The number of pyridine rings is 1. The summed E-state index contributed by atoms with van der Waals surface area (Å²) in [6.07, 6.45) is -0.647. The average Bonchev–Trinajstić information content (AvgIpc) is 3.36. The Hall–Kier alpha value is -3.50. The SMILES string of the molecule is CCC(F)(F)COc1nccc2c1C(=O)N(Cc1ccc(-c3cnn(CC(F)(F)F)c3)cc1)C2. The first-order chi connectivity index (χ1) is 16.0. The van der Waals surface area contributed by atoms with Crippen LogP contribution in [-0.2, 0) is 19.6 Å². The molecule has 1 aromatic carbocycles. The summed E-state index contributed by atoms with van der Waals surface area (Å²) in [5.41, 5.74) is 2.84. The van der Waals surface area contributed by atoms with Gasteiger partial charge in [-0.2, -0.15) is 18.3 Å². The zero-order valence-electron chi connectivity index (χ0n) is 18.1. The number of aromatic nitrogens is 3. The number of alkyl halides is 5. The van der Waals surface area contributed by atoms with Gasteiger partial charge in [0.25, 0.3) is 11.8 Å². The van der Waals surface area contributed by atoms with E-state index >= 15 is 0 Å². The van der Waals surface area contributed by atoms with Gasteiger partial charge in [0.15, 0.2) is 6.61 Å². The Kier molecular flexibility index (Phi) is 6.28. The van der Waals surface area contributed by atoms with E-state index in [0.29, 0.717) is 16.7 Å². The van der Waals surface area contributed by atoms with Gasteiger partial charge < -0.3 is 9.64 Å². The Bertz CT molecular complexity index is 1170. The lowest BCUT2D eigenvalue weighted by Gasteiger charge is -2.17. The molecule has 0 aliphatic carbocycles. The maximum absolute atomic E-state index is 13.6. The molecule has 0 saturated carbocycles. The van der Waals surface area contributed by atoms with Crippen LogP contribution in [0.4, 0.5) is 22.0 Å². The predicted molar refractivity (Wildman–Crippen MR) is 112 cm³/mol. The first kappa shape index (κ1) is 23.7. The molecule has 0 saturated heterocycles. The second-order valence-corrected chi connectivity index (χ2v) is 8.05. The molecule has 11 heteroatoms. The lowest BCUT2D eigenvalue weighted by molar-refractivity contribution is -0.142. The topological polar surface area (TPSA) is 60.2 Å². The second-order valence-electron chi connectivity index (χ2n) is 8.05. The molecule has 1 aliphatic rings. The van der Waals surface area contributed by atoms with E-state index < -0.39 is 25.3 Å². The fraction of sp³-hybridized carbons (Fsp3) is 0.348. The zero-order chi connectivity index (χ0) is 24.5. The maximum Gasteiger partial charge on any atom is 0.408 e. The van der Waals surface area contributed by atoms with Crippen LogP contribution in [0.1, 0.15) is 34.8 Å². The van der Waals surface area contributed by atoms with E-state index in [4.69, 9.17) is 4.74 Å². The highest BCUT2D eigenvalue weighted by atomic mass is 19.4. The van der Waals surface area contributed by atoms with Crippen molar-refractivity contribution in [1.82, 2.24) is 19.7 Å². The van der Waals surface area contributed by atoms with Gasteiger partial charge >= 0.3 is 6.18 Å². The summed E-state index contributed by atoms with van der Waals surface area (Å²) < 4.78 is 70.8. The lowest BCUT2D eigenvalue weighted by atomic mass is 10.1. The molecule has 4 rings (SSSR count). The summed E-state index contributed by atoms with van der Waals surface area (Å²) in [4.78, 5) is 18.5. The van der Waals surface area contributed by atoms with Crippen LogP contribution in [0.25, 0.3) is 11.1 Å². The Labute approximate surface area is 192 Å². The molecule has 0 spiro atoms. The van der Waals surface area contributed by atoms with Crippen LogP contribution in [0, 0.1) is 0 Å². The largest absolute Gasteiger partial charge is 0.471 e. The van der Waals surface area contributed by atoms with E-state index in [-0.39, 0.29) is 36.9 Å². The number of hydrogen-bond acceptors (Lipinski definition) is 4. The molecule has 0 bridgehead atoms. The van der Waals surface area contributed by atoms with Gasteiger partial charge in [0.2, 0.25) is 5.88 Å². The number of rotatable bonds is 8. The normalized spacial score (nSPS) is 13.9. The number of carbonyl (C=O) groups is 1. The molecule has 180 valence electrons. The van der Waals surface area contributed by atoms with Gasteiger partial charge in [-0.25, -0.2) is 13.8 Å². The number of ether oxygens (including phenoxy) is 1. The van der Waals surface area contributed by atoms with Crippen LogP contribution in [0.3, 0.4) is 0 Å². The molecule has 3 aromatic rings. The van der Waals surface area contributed by atoms with Crippen LogP contribution in [0.5, 0.6) is 5.88 Å². The van der Waals surface area contributed by atoms with E-state index in [1.807, 2.05) is 0 Å². The third-order valence-electron chi connectivity index (χ3n) is 5.44. The third kappa shape index (κ3) is 5.35. The molecule has 0 N–H and O–H groups in total. The van der Waals surface area contributed by atoms with Gasteiger partial charge in [0.1, 0.15) is 12.1 Å². The zero-order valence-corrected chi connectivity index (χ0v) is 18.1. The fourth-order valence-electron chi connectivity index (χ4n) is 3.60. The van der Waals surface area contributed by atoms with Crippen molar-refractivity contribution in [1.29, 1.82) is 0 Å². The summed E-state index contributed by atoms with van der Waals surface area (Å²) in [5, 5.41) is 3.74. The summed E-state index contributed by atoms with van der Waals surface area (Å²) in [5.74, 6) is -3.49. The van der Waals surface area contributed by atoms with E-state index in [2.05, 4.69) is 10.1 Å².